The van der Waals surface area contributed by atoms with Crippen molar-refractivity contribution < 1.29 is 14.6 Å². The number of hydrogen-bond donors (Lipinski definition) is 1. The zero-order chi connectivity index (χ0) is 17.8. The quantitative estimate of drug-likeness (QED) is 0.825. The lowest BCUT2D eigenvalue weighted by atomic mass is 9.47. The van der Waals surface area contributed by atoms with Crippen LogP contribution in [0.2, 0.25) is 0 Å². The molecule has 0 aromatic carbocycles. The van der Waals surface area contributed by atoms with Crippen molar-refractivity contribution >= 4 is 5.78 Å². The molecule has 0 heterocycles. The van der Waals surface area contributed by atoms with Crippen molar-refractivity contribution in [2.75, 3.05) is 13.2 Å². The van der Waals surface area contributed by atoms with Crippen LogP contribution in [0.4, 0.5) is 0 Å². The summed E-state index contributed by atoms with van der Waals surface area (Å²) in [7, 11) is 0. The Labute approximate surface area is 151 Å². The summed E-state index contributed by atoms with van der Waals surface area (Å²) >= 11 is 0. The average molecular weight is 344 g/mol. The van der Waals surface area contributed by atoms with Gasteiger partial charge in [0.15, 0.2) is 0 Å². The number of fused-ring (bicyclic) bond motifs is 5. The molecule has 138 valence electrons. The SMILES string of the molecule is CCOC1=CC2=C(CO)C[C@@H]3[C@H](CC[C@]4(C)C(=O)CC[C@@H]34)[C@@]2(C)CC1. The van der Waals surface area contributed by atoms with E-state index in [4.69, 9.17) is 4.74 Å². The standard InChI is InChI=1S/C22H32O3/c1-4-25-15-7-9-21(2)18-8-10-22(3)17(5-6-20(22)24)16(18)11-14(13-23)19(21)12-15/h12,16-18,23H,4-11,13H2,1-3H3/t16-,17-,18-,21+,22-/m0/s1. The first kappa shape index (κ1) is 17.3. The Hall–Kier alpha value is -1.09. The fraction of sp³-hybridized carbons (Fsp3) is 0.773. The summed E-state index contributed by atoms with van der Waals surface area (Å²) in [5.74, 6) is 3.28. The summed E-state index contributed by atoms with van der Waals surface area (Å²) in [6.07, 6.45) is 9.34. The van der Waals surface area contributed by atoms with Crippen LogP contribution in [0.15, 0.2) is 23.0 Å². The molecule has 0 amide bonds. The lowest BCUT2D eigenvalue weighted by Gasteiger charge is -2.56. The molecular formula is C22H32O3. The molecule has 2 fully saturated rings. The highest BCUT2D eigenvalue weighted by Gasteiger charge is 2.59. The van der Waals surface area contributed by atoms with E-state index in [1.54, 1.807) is 0 Å². The van der Waals surface area contributed by atoms with Crippen LogP contribution in [0, 0.1) is 28.6 Å². The molecule has 0 saturated heterocycles. The van der Waals surface area contributed by atoms with Crippen molar-refractivity contribution in [3.8, 4) is 0 Å². The molecule has 4 rings (SSSR count). The van der Waals surface area contributed by atoms with E-state index in [9.17, 15) is 9.90 Å². The first-order valence-corrected chi connectivity index (χ1v) is 10.1. The highest BCUT2D eigenvalue weighted by molar-refractivity contribution is 5.87. The number of Topliss-reactive ketones (excluding diaryl/α,β-unsaturated/α-hetero) is 1. The number of carbonyl (C=O) groups is 1. The van der Waals surface area contributed by atoms with Crippen LogP contribution in [0.3, 0.4) is 0 Å². The van der Waals surface area contributed by atoms with Gasteiger partial charge in [0.05, 0.1) is 19.0 Å². The minimum atomic E-state index is -0.101. The Bertz CT molecular complexity index is 646. The lowest BCUT2D eigenvalue weighted by molar-refractivity contribution is -0.131. The number of ether oxygens (including phenoxy) is 1. The van der Waals surface area contributed by atoms with Gasteiger partial charge in [-0.05, 0) is 79.4 Å². The Morgan fingerprint density at radius 1 is 1.16 bits per heavy atom. The highest BCUT2D eigenvalue weighted by Crippen LogP contribution is 2.64. The zero-order valence-corrected chi connectivity index (χ0v) is 15.9. The number of hydrogen-bond acceptors (Lipinski definition) is 3. The van der Waals surface area contributed by atoms with Gasteiger partial charge in [-0.1, -0.05) is 13.8 Å². The number of ketones is 1. The van der Waals surface area contributed by atoms with Gasteiger partial charge in [0.2, 0.25) is 0 Å². The van der Waals surface area contributed by atoms with Crippen LogP contribution in [-0.2, 0) is 9.53 Å². The van der Waals surface area contributed by atoms with Crippen molar-refractivity contribution in [1.82, 2.24) is 0 Å². The molecule has 0 bridgehead atoms. The largest absolute Gasteiger partial charge is 0.498 e. The molecule has 3 nitrogen and oxygen atoms in total. The minimum absolute atomic E-state index is 0.101. The second kappa shape index (κ2) is 5.97. The number of carbonyl (C=O) groups excluding carboxylic acids is 1. The molecule has 5 atom stereocenters. The molecule has 0 unspecified atom stereocenters. The van der Waals surface area contributed by atoms with Gasteiger partial charge in [0.25, 0.3) is 0 Å². The van der Waals surface area contributed by atoms with Crippen LogP contribution >= 0.6 is 0 Å². The first-order chi connectivity index (χ1) is 11.9. The van der Waals surface area contributed by atoms with E-state index < -0.39 is 0 Å². The van der Waals surface area contributed by atoms with Crippen molar-refractivity contribution in [3.63, 3.8) is 0 Å². The summed E-state index contributed by atoms with van der Waals surface area (Å²) in [6, 6.07) is 0. The Kier molecular flexibility index (Phi) is 4.14. The molecular weight excluding hydrogens is 312 g/mol. The molecule has 0 aliphatic heterocycles. The molecule has 4 aliphatic carbocycles. The Morgan fingerprint density at radius 2 is 1.92 bits per heavy atom. The normalized spacial score (nSPS) is 43.3. The Balaban J connectivity index is 1.75. The molecule has 25 heavy (non-hydrogen) atoms. The summed E-state index contributed by atoms with van der Waals surface area (Å²) in [5.41, 5.74) is 2.58. The Morgan fingerprint density at radius 3 is 2.64 bits per heavy atom. The van der Waals surface area contributed by atoms with Crippen LogP contribution in [-0.4, -0.2) is 24.1 Å². The molecule has 4 aliphatic rings. The maximum absolute atomic E-state index is 12.5. The first-order valence-electron chi connectivity index (χ1n) is 10.1. The maximum atomic E-state index is 12.5. The second-order valence-electron chi connectivity index (χ2n) is 9.14. The van der Waals surface area contributed by atoms with E-state index in [0.717, 1.165) is 50.7 Å². The molecule has 3 heteroatoms. The molecule has 1 N–H and O–H groups in total. The van der Waals surface area contributed by atoms with Crippen molar-refractivity contribution in [2.24, 2.45) is 28.6 Å². The highest BCUT2D eigenvalue weighted by atomic mass is 16.5. The fourth-order valence-corrected chi connectivity index (χ4v) is 6.78. The van der Waals surface area contributed by atoms with Crippen molar-refractivity contribution in [3.05, 3.63) is 23.0 Å². The predicted molar refractivity (Wildman–Crippen MR) is 97.8 cm³/mol. The monoisotopic (exact) mass is 344 g/mol. The summed E-state index contributed by atoms with van der Waals surface area (Å²) in [5, 5.41) is 10.1. The van der Waals surface area contributed by atoms with E-state index >= 15 is 0 Å². The van der Waals surface area contributed by atoms with Gasteiger partial charge >= 0.3 is 0 Å². The van der Waals surface area contributed by atoms with Gasteiger partial charge in [-0.2, -0.15) is 0 Å². The van der Waals surface area contributed by atoms with E-state index in [1.807, 2.05) is 6.92 Å². The molecule has 0 aromatic heterocycles. The topological polar surface area (TPSA) is 46.5 Å². The van der Waals surface area contributed by atoms with Gasteiger partial charge < -0.3 is 9.84 Å². The smallest absolute Gasteiger partial charge is 0.139 e. The van der Waals surface area contributed by atoms with Crippen LogP contribution < -0.4 is 0 Å². The van der Waals surface area contributed by atoms with Gasteiger partial charge in [0.1, 0.15) is 5.78 Å². The number of aliphatic hydroxyl groups excluding tert-OH is 1. The van der Waals surface area contributed by atoms with Crippen molar-refractivity contribution in [1.29, 1.82) is 0 Å². The van der Waals surface area contributed by atoms with Crippen molar-refractivity contribution in [2.45, 2.75) is 65.7 Å². The zero-order valence-electron chi connectivity index (χ0n) is 15.9. The third kappa shape index (κ3) is 2.38. The summed E-state index contributed by atoms with van der Waals surface area (Å²) in [4.78, 5) is 12.5. The molecule has 0 radical (unpaired) electrons. The number of rotatable bonds is 3. The fourth-order valence-electron chi connectivity index (χ4n) is 6.78. The van der Waals surface area contributed by atoms with Crippen LogP contribution in [0.25, 0.3) is 0 Å². The molecule has 2 saturated carbocycles. The predicted octanol–water partition coefficient (Wildman–Crippen LogP) is 4.41. The average Bonchev–Trinajstić information content (AvgIpc) is 2.90. The lowest BCUT2D eigenvalue weighted by Crippen LogP contribution is -2.50. The third-order valence-corrected chi connectivity index (χ3v) is 8.16. The molecule has 0 aromatic rings. The number of aliphatic hydroxyl groups is 1. The number of allylic oxidation sites excluding steroid dienone is 3. The van der Waals surface area contributed by atoms with Crippen LogP contribution in [0.1, 0.15) is 65.7 Å². The molecule has 0 spiro atoms. The minimum Gasteiger partial charge on any atom is -0.498 e. The third-order valence-electron chi connectivity index (χ3n) is 8.16. The van der Waals surface area contributed by atoms with Gasteiger partial charge in [-0.3, -0.25) is 4.79 Å². The van der Waals surface area contributed by atoms with Gasteiger partial charge in [-0.25, -0.2) is 0 Å². The van der Waals surface area contributed by atoms with E-state index in [1.165, 1.54) is 11.1 Å². The van der Waals surface area contributed by atoms with Gasteiger partial charge in [0, 0.05) is 18.3 Å². The summed E-state index contributed by atoms with van der Waals surface area (Å²) < 4.78 is 5.81. The van der Waals surface area contributed by atoms with E-state index in [2.05, 4.69) is 19.9 Å². The van der Waals surface area contributed by atoms with Gasteiger partial charge in [-0.15, -0.1) is 0 Å². The van der Waals surface area contributed by atoms with E-state index in [-0.39, 0.29) is 17.4 Å². The maximum Gasteiger partial charge on any atom is 0.139 e. The second-order valence-corrected chi connectivity index (χ2v) is 9.14. The summed E-state index contributed by atoms with van der Waals surface area (Å²) in [6.45, 7) is 7.51. The van der Waals surface area contributed by atoms with Crippen LogP contribution in [0.5, 0.6) is 0 Å². The van der Waals surface area contributed by atoms with E-state index in [0.29, 0.717) is 30.1 Å².